The lowest BCUT2D eigenvalue weighted by atomic mass is 10.0. The molecule has 0 aliphatic carbocycles. The lowest BCUT2D eigenvalue weighted by Gasteiger charge is -2.31. The van der Waals surface area contributed by atoms with Crippen molar-refractivity contribution < 1.29 is 0 Å². The lowest BCUT2D eigenvalue weighted by molar-refractivity contribution is 0.398. The minimum atomic E-state index is 0.591. The van der Waals surface area contributed by atoms with E-state index in [1.807, 2.05) is 31.3 Å². The van der Waals surface area contributed by atoms with E-state index in [2.05, 4.69) is 27.1 Å². The highest BCUT2D eigenvalue weighted by atomic mass is 15.3. The second-order valence-electron chi connectivity index (χ2n) is 5.70. The quantitative estimate of drug-likeness (QED) is 0.860. The van der Waals surface area contributed by atoms with E-state index in [1.54, 1.807) is 0 Å². The van der Waals surface area contributed by atoms with Crippen molar-refractivity contribution in [3.8, 4) is 0 Å². The minimum absolute atomic E-state index is 0.591. The zero-order valence-electron chi connectivity index (χ0n) is 13.0. The first-order valence-corrected chi connectivity index (χ1v) is 7.69. The number of nitrogens with zero attached hydrogens (tertiary/aromatic N) is 4. The van der Waals surface area contributed by atoms with E-state index in [1.165, 1.54) is 19.3 Å². The van der Waals surface area contributed by atoms with Crippen molar-refractivity contribution in [2.45, 2.75) is 38.6 Å². The second kappa shape index (κ2) is 7.43. The van der Waals surface area contributed by atoms with Crippen molar-refractivity contribution >= 4 is 11.8 Å². The van der Waals surface area contributed by atoms with Crippen molar-refractivity contribution in [3.63, 3.8) is 0 Å². The highest BCUT2D eigenvalue weighted by Gasteiger charge is 2.17. The Balaban J connectivity index is 2.08. The third-order valence-corrected chi connectivity index (χ3v) is 3.70. The maximum atomic E-state index is 4.67. The number of anilines is 2. The molecule has 2 heterocycles. The first-order valence-electron chi connectivity index (χ1n) is 7.69. The van der Waals surface area contributed by atoms with E-state index < -0.39 is 0 Å². The van der Waals surface area contributed by atoms with Gasteiger partial charge in [-0.05, 0) is 31.9 Å². The van der Waals surface area contributed by atoms with Gasteiger partial charge in [-0.3, -0.25) is 0 Å². The maximum Gasteiger partial charge on any atom is 0.226 e. The van der Waals surface area contributed by atoms with E-state index in [0.29, 0.717) is 6.04 Å². The molecule has 1 aliphatic heterocycles. The monoisotopic (exact) mass is 277 g/mol. The average Bonchev–Trinajstić information content (AvgIpc) is 2.48. The molecule has 1 saturated heterocycles. The van der Waals surface area contributed by atoms with Gasteiger partial charge in [0, 0.05) is 39.4 Å². The average molecular weight is 277 g/mol. The Morgan fingerprint density at radius 3 is 2.85 bits per heavy atom. The number of aromatic nitrogens is 2. The molecule has 1 unspecified atom stereocenters. The Morgan fingerprint density at radius 2 is 2.20 bits per heavy atom. The van der Waals surface area contributed by atoms with Crippen LogP contribution in [-0.4, -0.2) is 49.7 Å². The summed E-state index contributed by atoms with van der Waals surface area (Å²) in [5.74, 6) is 1.82. The normalized spacial score (nSPS) is 18.9. The molecule has 1 aromatic rings. The summed E-state index contributed by atoms with van der Waals surface area (Å²) in [4.78, 5) is 13.3. The predicted molar refractivity (Wildman–Crippen MR) is 84.5 cm³/mol. The van der Waals surface area contributed by atoms with Gasteiger partial charge in [0.1, 0.15) is 5.82 Å². The standard InChI is InChI=1S/C15H27N5/c1-4-11-20(12-13-7-5-6-9-16-13)14-8-10-17-15(18-14)19(2)3/h8,10,13,16H,4-7,9,11-12H2,1-3H3. The first-order chi connectivity index (χ1) is 9.70. The van der Waals surface area contributed by atoms with Gasteiger partial charge in [0.05, 0.1) is 0 Å². The molecule has 1 atom stereocenters. The highest BCUT2D eigenvalue weighted by molar-refractivity contribution is 5.43. The van der Waals surface area contributed by atoms with Crippen molar-refractivity contribution in [1.82, 2.24) is 15.3 Å². The number of rotatable bonds is 6. The summed E-state index contributed by atoms with van der Waals surface area (Å²) in [6, 6.07) is 2.61. The molecular weight excluding hydrogens is 250 g/mol. The number of hydrogen-bond donors (Lipinski definition) is 1. The minimum Gasteiger partial charge on any atom is -0.355 e. The summed E-state index contributed by atoms with van der Waals surface area (Å²) in [5, 5.41) is 3.62. The van der Waals surface area contributed by atoms with Crippen LogP contribution in [0.15, 0.2) is 12.3 Å². The SMILES string of the molecule is CCCN(CC1CCCCN1)c1ccnc(N(C)C)n1. The molecule has 0 radical (unpaired) electrons. The molecule has 0 saturated carbocycles. The summed E-state index contributed by atoms with van der Waals surface area (Å²) in [6.45, 7) is 5.45. The van der Waals surface area contributed by atoms with Crippen LogP contribution < -0.4 is 15.1 Å². The fraction of sp³-hybridized carbons (Fsp3) is 0.733. The Morgan fingerprint density at radius 1 is 1.35 bits per heavy atom. The van der Waals surface area contributed by atoms with Gasteiger partial charge in [-0.2, -0.15) is 4.98 Å². The van der Waals surface area contributed by atoms with Crippen LogP contribution in [0, 0.1) is 0 Å². The Labute approximate surface area is 122 Å². The van der Waals surface area contributed by atoms with E-state index in [-0.39, 0.29) is 0 Å². The summed E-state index contributed by atoms with van der Waals surface area (Å²) in [7, 11) is 3.96. The van der Waals surface area contributed by atoms with Gasteiger partial charge >= 0.3 is 0 Å². The predicted octanol–water partition coefficient (Wildman–Crippen LogP) is 1.90. The smallest absolute Gasteiger partial charge is 0.226 e. The van der Waals surface area contributed by atoms with Crippen LogP contribution >= 0.6 is 0 Å². The highest BCUT2D eigenvalue weighted by Crippen LogP contribution is 2.16. The molecule has 0 bridgehead atoms. The molecule has 5 nitrogen and oxygen atoms in total. The third-order valence-electron chi connectivity index (χ3n) is 3.70. The van der Waals surface area contributed by atoms with Crippen molar-refractivity contribution in [2.75, 3.05) is 43.5 Å². The summed E-state index contributed by atoms with van der Waals surface area (Å²) < 4.78 is 0. The van der Waals surface area contributed by atoms with Gasteiger partial charge in [0.25, 0.3) is 0 Å². The second-order valence-corrected chi connectivity index (χ2v) is 5.70. The molecule has 1 N–H and O–H groups in total. The number of nitrogens with one attached hydrogen (secondary N) is 1. The number of hydrogen-bond acceptors (Lipinski definition) is 5. The Kier molecular flexibility index (Phi) is 5.59. The fourth-order valence-corrected chi connectivity index (χ4v) is 2.65. The van der Waals surface area contributed by atoms with E-state index in [0.717, 1.165) is 37.8 Å². The van der Waals surface area contributed by atoms with Gasteiger partial charge in [-0.1, -0.05) is 13.3 Å². The van der Waals surface area contributed by atoms with Gasteiger partial charge in [-0.25, -0.2) is 4.98 Å². The number of piperidine rings is 1. The molecular formula is C15H27N5. The zero-order valence-corrected chi connectivity index (χ0v) is 13.0. The topological polar surface area (TPSA) is 44.3 Å². The van der Waals surface area contributed by atoms with Gasteiger partial charge < -0.3 is 15.1 Å². The third kappa shape index (κ3) is 4.07. The zero-order chi connectivity index (χ0) is 14.4. The van der Waals surface area contributed by atoms with E-state index >= 15 is 0 Å². The summed E-state index contributed by atoms with van der Waals surface area (Å²) in [5.41, 5.74) is 0. The molecule has 0 aromatic carbocycles. The molecule has 20 heavy (non-hydrogen) atoms. The Hall–Kier alpha value is -1.36. The van der Waals surface area contributed by atoms with Crippen molar-refractivity contribution in [3.05, 3.63) is 12.3 Å². The molecule has 0 spiro atoms. The van der Waals surface area contributed by atoms with Gasteiger partial charge in [0.2, 0.25) is 5.95 Å². The summed E-state index contributed by atoms with van der Waals surface area (Å²) >= 11 is 0. The van der Waals surface area contributed by atoms with Crippen LogP contribution in [0.25, 0.3) is 0 Å². The molecule has 0 amide bonds. The van der Waals surface area contributed by atoms with Crippen LogP contribution in [0.1, 0.15) is 32.6 Å². The van der Waals surface area contributed by atoms with Crippen LogP contribution in [0.5, 0.6) is 0 Å². The van der Waals surface area contributed by atoms with Gasteiger partial charge in [0.15, 0.2) is 0 Å². The Bertz CT molecular complexity index is 401. The van der Waals surface area contributed by atoms with Crippen LogP contribution in [0.2, 0.25) is 0 Å². The molecule has 2 rings (SSSR count). The largest absolute Gasteiger partial charge is 0.355 e. The summed E-state index contributed by atoms with van der Waals surface area (Å²) in [6.07, 6.45) is 6.90. The van der Waals surface area contributed by atoms with E-state index in [4.69, 9.17) is 0 Å². The first kappa shape index (κ1) is 15.0. The maximum absolute atomic E-state index is 4.67. The molecule has 1 aliphatic rings. The van der Waals surface area contributed by atoms with E-state index in [9.17, 15) is 0 Å². The van der Waals surface area contributed by atoms with Crippen LogP contribution in [-0.2, 0) is 0 Å². The van der Waals surface area contributed by atoms with Gasteiger partial charge in [-0.15, -0.1) is 0 Å². The van der Waals surface area contributed by atoms with Crippen molar-refractivity contribution in [2.24, 2.45) is 0 Å². The lowest BCUT2D eigenvalue weighted by Crippen LogP contribution is -2.44. The molecule has 1 aromatic heterocycles. The molecule has 5 heteroatoms. The molecule has 112 valence electrons. The van der Waals surface area contributed by atoms with Crippen LogP contribution in [0.4, 0.5) is 11.8 Å². The fourth-order valence-electron chi connectivity index (χ4n) is 2.65. The van der Waals surface area contributed by atoms with Crippen LogP contribution in [0.3, 0.4) is 0 Å². The van der Waals surface area contributed by atoms with Crippen molar-refractivity contribution in [1.29, 1.82) is 0 Å². The molecule has 1 fully saturated rings.